The van der Waals surface area contributed by atoms with E-state index in [0.29, 0.717) is 0 Å². The van der Waals surface area contributed by atoms with Gasteiger partial charge in [0.15, 0.2) is 0 Å². The SMILES string of the molecule is C=C(CCC(F)(F)F)c1nnc(N)o1. The minimum Gasteiger partial charge on any atom is -0.404 e. The van der Waals surface area contributed by atoms with E-state index in [4.69, 9.17) is 10.2 Å². The van der Waals surface area contributed by atoms with Crippen LogP contribution in [0.4, 0.5) is 19.2 Å². The number of hydrogen-bond acceptors (Lipinski definition) is 4. The minimum atomic E-state index is -4.21. The van der Waals surface area contributed by atoms with Crippen LogP contribution in [0.5, 0.6) is 0 Å². The number of nitrogens with two attached hydrogens (primary N) is 1. The van der Waals surface area contributed by atoms with Crippen molar-refractivity contribution in [3.05, 3.63) is 12.5 Å². The maximum Gasteiger partial charge on any atom is 0.389 e. The van der Waals surface area contributed by atoms with Crippen molar-refractivity contribution >= 4 is 11.6 Å². The zero-order valence-electron chi connectivity index (χ0n) is 7.14. The molecule has 0 saturated carbocycles. The molecule has 0 aliphatic rings. The van der Waals surface area contributed by atoms with Crippen LogP contribution in [0.2, 0.25) is 0 Å². The third-order valence-corrected chi connectivity index (χ3v) is 1.45. The number of alkyl halides is 3. The van der Waals surface area contributed by atoms with Gasteiger partial charge in [-0.25, -0.2) is 0 Å². The van der Waals surface area contributed by atoms with E-state index in [-0.39, 0.29) is 23.9 Å². The average Bonchev–Trinajstić information content (AvgIpc) is 2.46. The van der Waals surface area contributed by atoms with Gasteiger partial charge in [0.1, 0.15) is 0 Å². The molecule has 0 atom stereocenters. The molecule has 1 heterocycles. The molecule has 0 aromatic carbocycles. The lowest BCUT2D eigenvalue weighted by atomic mass is 10.1. The van der Waals surface area contributed by atoms with Crippen LogP contribution in [0.3, 0.4) is 0 Å². The van der Waals surface area contributed by atoms with Gasteiger partial charge >= 0.3 is 12.2 Å². The lowest BCUT2D eigenvalue weighted by molar-refractivity contribution is -0.133. The summed E-state index contributed by atoms with van der Waals surface area (Å²) in [6.07, 6.45) is -5.45. The fraction of sp³-hybridized carbons (Fsp3) is 0.429. The van der Waals surface area contributed by atoms with Crippen LogP contribution in [0.15, 0.2) is 11.0 Å². The number of hydrogen-bond donors (Lipinski definition) is 1. The third kappa shape index (κ3) is 3.08. The fourth-order valence-electron chi connectivity index (χ4n) is 0.777. The highest BCUT2D eigenvalue weighted by Crippen LogP contribution is 2.26. The Morgan fingerprint density at radius 1 is 1.43 bits per heavy atom. The molecule has 14 heavy (non-hydrogen) atoms. The first-order valence-electron chi connectivity index (χ1n) is 3.72. The molecule has 0 aliphatic heterocycles. The topological polar surface area (TPSA) is 64.9 Å². The minimum absolute atomic E-state index is 0.0493. The Balaban J connectivity index is 2.52. The molecule has 0 spiro atoms. The lowest BCUT2D eigenvalue weighted by Gasteiger charge is -2.04. The van der Waals surface area contributed by atoms with Gasteiger partial charge in [-0.3, -0.25) is 0 Å². The van der Waals surface area contributed by atoms with E-state index in [1.165, 1.54) is 0 Å². The molecule has 1 rings (SSSR count). The van der Waals surface area contributed by atoms with Crippen LogP contribution in [0, 0.1) is 0 Å². The summed E-state index contributed by atoms with van der Waals surface area (Å²) >= 11 is 0. The number of rotatable bonds is 3. The highest BCUT2D eigenvalue weighted by molar-refractivity contribution is 5.55. The third-order valence-electron chi connectivity index (χ3n) is 1.45. The van der Waals surface area contributed by atoms with Crippen molar-refractivity contribution in [3.63, 3.8) is 0 Å². The number of nitrogens with zero attached hydrogens (tertiary/aromatic N) is 2. The number of allylic oxidation sites excluding steroid dienone is 1. The zero-order chi connectivity index (χ0) is 10.8. The van der Waals surface area contributed by atoms with E-state index < -0.39 is 12.6 Å². The van der Waals surface area contributed by atoms with Crippen molar-refractivity contribution in [1.82, 2.24) is 10.2 Å². The zero-order valence-corrected chi connectivity index (χ0v) is 7.14. The van der Waals surface area contributed by atoms with E-state index in [9.17, 15) is 13.2 Å². The molecule has 0 bridgehead atoms. The highest BCUT2D eigenvalue weighted by Gasteiger charge is 2.27. The first kappa shape index (κ1) is 10.6. The summed E-state index contributed by atoms with van der Waals surface area (Å²) in [5.74, 6) is -0.0493. The summed E-state index contributed by atoms with van der Waals surface area (Å²) in [4.78, 5) is 0. The molecule has 1 aromatic heterocycles. The Hall–Kier alpha value is -1.53. The number of halogens is 3. The van der Waals surface area contributed by atoms with Crippen molar-refractivity contribution in [1.29, 1.82) is 0 Å². The van der Waals surface area contributed by atoms with Gasteiger partial charge in [-0.2, -0.15) is 13.2 Å². The number of anilines is 1. The van der Waals surface area contributed by atoms with E-state index in [1.54, 1.807) is 0 Å². The summed E-state index contributed by atoms with van der Waals surface area (Å²) in [5, 5.41) is 6.71. The van der Waals surface area contributed by atoms with Crippen LogP contribution in [0.25, 0.3) is 5.57 Å². The average molecular weight is 207 g/mol. The molecule has 0 aliphatic carbocycles. The molecule has 1 aromatic rings. The van der Waals surface area contributed by atoms with Gasteiger partial charge in [-0.1, -0.05) is 11.7 Å². The molecule has 2 N–H and O–H groups in total. The van der Waals surface area contributed by atoms with Gasteiger partial charge in [0.2, 0.25) is 5.89 Å². The van der Waals surface area contributed by atoms with Gasteiger partial charge < -0.3 is 10.2 Å². The molecule has 0 fully saturated rings. The predicted molar refractivity (Wildman–Crippen MR) is 43.0 cm³/mol. The van der Waals surface area contributed by atoms with Gasteiger partial charge in [0.25, 0.3) is 0 Å². The fourth-order valence-corrected chi connectivity index (χ4v) is 0.777. The number of aromatic nitrogens is 2. The monoisotopic (exact) mass is 207 g/mol. The molecular weight excluding hydrogens is 199 g/mol. The first-order valence-corrected chi connectivity index (χ1v) is 3.72. The molecule has 0 unspecified atom stereocenters. The van der Waals surface area contributed by atoms with Crippen molar-refractivity contribution in [2.24, 2.45) is 0 Å². The maximum atomic E-state index is 11.8. The van der Waals surface area contributed by atoms with Crippen molar-refractivity contribution in [2.75, 3.05) is 5.73 Å². The molecule has 0 radical (unpaired) electrons. The van der Waals surface area contributed by atoms with E-state index in [2.05, 4.69) is 16.8 Å². The molecular formula is C7H8F3N3O. The summed E-state index contributed by atoms with van der Waals surface area (Å²) < 4.78 is 40.1. The molecule has 0 saturated heterocycles. The molecule has 4 nitrogen and oxygen atoms in total. The number of nitrogen functional groups attached to an aromatic ring is 1. The van der Waals surface area contributed by atoms with Crippen LogP contribution in [-0.4, -0.2) is 16.4 Å². The predicted octanol–water partition coefficient (Wildman–Crippen LogP) is 2.01. The second-order valence-electron chi connectivity index (χ2n) is 2.66. The Morgan fingerprint density at radius 2 is 2.07 bits per heavy atom. The smallest absolute Gasteiger partial charge is 0.389 e. The standard InChI is InChI=1S/C7H8F3N3O/c1-4(2-3-7(8,9)10)5-12-13-6(11)14-5/h1-3H2,(H2,11,13). The quantitative estimate of drug-likeness (QED) is 0.823. The summed E-state index contributed by atoms with van der Waals surface area (Å²) in [6.45, 7) is 3.39. The second-order valence-corrected chi connectivity index (χ2v) is 2.66. The lowest BCUT2D eigenvalue weighted by Crippen LogP contribution is -2.06. The Labute approximate surface area is 77.6 Å². The Morgan fingerprint density at radius 3 is 2.50 bits per heavy atom. The second kappa shape index (κ2) is 3.69. The van der Waals surface area contributed by atoms with Crippen molar-refractivity contribution < 1.29 is 17.6 Å². The van der Waals surface area contributed by atoms with Crippen LogP contribution < -0.4 is 5.73 Å². The van der Waals surface area contributed by atoms with E-state index >= 15 is 0 Å². The van der Waals surface area contributed by atoms with Gasteiger partial charge in [-0.05, 0) is 6.42 Å². The van der Waals surface area contributed by atoms with E-state index in [1.807, 2.05) is 0 Å². The molecule has 7 heteroatoms. The Bertz CT molecular complexity index is 331. The van der Waals surface area contributed by atoms with Crippen molar-refractivity contribution in [2.45, 2.75) is 19.0 Å². The van der Waals surface area contributed by atoms with Gasteiger partial charge in [0.05, 0.1) is 0 Å². The first-order chi connectivity index (χ1) is 6.38. The summed E-state index contributed by atoms with van der Waals surface area (Å²) in [6, 6.07) is -0.187. The highest BCUT2D eigenvalue weighted by atomic mass is 19.4. The Kier molecular flexibility index (Phi) is 2.78. The van der Waals surface area contributed by atoms with Crippen LogP contribution in [-0.2, 0) is 0 Å². The van der Waals surface area contributed by atoms with E-state index in [0.717, 1.165) is 0 Å². The van der Waals surface area contributed by atoms with Gasteiger partial charge in [-0.15, -0.1) is 5.10 Å². The van der Waals surface area contributed by atoms with Crippen LogP contribution in [0.1, 0.15) is 18.7 Å². The van der Waals surface area contributed by atoms with Gasteiger partial charge in [0, 0.05) is 12.0 Å². The van der Waals surface area contributed by atoms with Crippen LogP contribution >= 0.6 is 0 Å². The molecule has 78 valence electrons. The molecule has 0 amide bonds. The summed E-state index contributed by atoms with van der Waals surface area (Å²) in [7, 11) is 0. The normalized spacial score (nSPS) is 11.6. The van der Waals surface area contributed by atoms with Crippen molar-refractivity contribution in [3.8, 4) is 0 Å². The maximum absolute atomic E-state index is 11.8. The largest absolute Gasteiger partial charge is 0.404 e. The summed E-state index contributed by atoms with van der Waals surface area (Å²) in [5.41, 5.74) is 5.23.